The van der Waals surface area contributed by atoms with Gasteiger partial charge in [0, 0.05) is 23.1 Å². The second-order valence-electron chi connectivity index (χ2n) is 3.59. The Bertz CT molecular complexity index is 434. The Balaban J connectivity index is 2.56. The molecule has 0 saturated carbocycles. The number of nitrogens with two attached hydrogens (primary N) is 1. The zero-order valence-corrected chi connectivity index (χ0v) is 8.07. The molecule has 1 aromatic carbocycles. The summed E-state index contributed by atoms with van der Waals surface area (Å²) in [4.78, 5) is 3.10. The van der Waals surface area contributed by atoms with Gasteiger partial charge in [0.1, 0.15) is 0 Å². The van der Waals surface area contributed by atoms with Gasteiger partial charge < -0.3 is 15.8 Å². The van der Waals surface area contributed by atoms with E-state index in [1.165, 1.54) is 0 Å². The molecule has 0 spiro atoms. The van der Waals surface area contributed by atoms with Crippen LogP contribution in [0.5, 0.6) is 0 Å². The highest BCUT2D eigenvalue weighted by molar-refractivity contribution is 5.83. The van der Waals surface area contributed by atoms with Crippen molar-refractivity contribution in [3.63, 3.8) is 0 Å². The van der Waals surface area contributed by atoms with Gasteiger partial charge in [0.05, 0.1) is 6.10 Å². The van der Waals surface area contributed by atoms with Crippen LogP contribution in [-0.2, 0) is 0 Å². The average Bonchev–Trinajstić information content (AvgIpc) is 2.63. The SMILES string of the molecule is C[C@@H](N)[C@@H](O)c1cccc2[nH]ccc12. The minimum Gasteiger partial charge on any atom is -0.387 e. The lowest BCUT2D eigenvalue weighted by Crippen LogP contribution is -2.24. The van der Waals surface area contributed by atoms with E-state index in [2.05, 4.69) is 4.98 Å². The van der Waals surface area contributed by atoms with E-state index in [9.17, 15) is 5.11 Å². The van der Waals surface area contributed by atoms with Crippen molar-refractivity contribution in [2.45, 2.75) is 19.1 Å². The fourth-order valence-corrected chi connectivity index (χ4v) is 1.65. The molecule has 0 fully saturated rings. The van der Waals surface area contributed by atoms with Gasteiger partial charge in [-0.2, -0.15) is 0 Å². The maximum absolute atomic E-state index is 9.88. The third-order valence-electron chi connectivity index (χ3n) is 2.45. The van der Waals surface area contributed by atoms with Gasteiger partial charge in [0.2, 0.25) is 0 Å². The lowest BCUT2D eigenvalue weighted by molar-refractivity contribution is 0.155. The number of aromatic nitrogens is 1. The zero-order chi connectivity index (χ0) is 10.1. The highest BCUT2D eigenvalue weighted by Crippen LogP contribution is 2.24. The van der Waals surface area contributed by atoms with Crippen LogP contribution in [0.15, 0.2) is 30.5 Å². The Kier molecular flexibility index (Phi) is 2.27. The quantitative estimate of drug-likeness (QED) is 0.672. The van der Waals surface area contributed by atoms with Gasteiger partial charge in [-0.25, -0.2) is 0 Å². The van der Waals surface area contributed by atoms with E-state index in [4.69, 9.17) is 5.73 Å². The number of nitrogens with one attached hydrogen (secondary N) is 1. The minimum absolute atomic E-state index is 0.254. The summed E-state index contributed by atoms with van der Waals surface area (Å²) in [6.45, 7) is 1.80. The van der Waals surface area contributed by atoms with Crippen LogP contribution in [0.3, 0.4) is 0 Å². The number of hydrogen-bond acceptors (Lipinski definition) is 2. The highest BCUT2D eigenvalue weighted by Gasteiger charge is 2.14. The standard InChI is InChI=1S/C11H14N2O/c1-7(12)11(14)9-3-2-4-10-8(9)5-6-13-10/h2-7,11,13-14H,12H2,1H3/t7-,11-/m1/s1. The van der Waals surface area contributed by atoms with Crippen LogP contribution in [0.4, 0.5) is 0 Å². The Morgan fingerprint density at radius 1 is 1.36 bits per heavy atom. The summed E-state index contributed by atoms with van der Waals surface area (Å²) in [7, 11) is 0. The monoisotopic (exact) mass is 190 g/mol. The predicted molar refractivity (Wildman–Crippen MR) is 56.9 cm³/mol. The van der Waals surface area contributed by atoms with E-state index in [0.29, 0.717) is 0 Å². The van der Waals surface area contributed by atoms with Crippen molar-refractivity contribution >= 4 is 10.9 Å². The fourth-order valence-electron chi connectivity index (χ4n) is 1.65. The van der Waals surface area contributed by atoms with Gasteiger partial charge >= 0.3 is 0 Å². The molecule has 1 aromatic heterocycles. The normalized spacial score (nSPS) is 15.6. The van der Waals surface area contributed by atoms with Gasteiger partial charge in [0.25, 0.3) is 0 Å². The van der Waals surface area contributed by atoms with Crippen LogP contribution in [-0.4, -0.2) is 16.1 Å². The van der Waals surface area contributed by atoms with Gasteiger partial charge in [-0.1, -0.05) is 12.1 Å². The molecule has 1 heterocycles. The van der Waals surface area contributed by atoms with Crippen LogP contribution in [0.1, 0.15) is 18.6 Å². The predicted octanol–water partition coefficient (Wildman–Crippen LogP) is 1.55. The van der Waals surface area contributed by atoms with Gasteiger partial charge in [-0.15, -0.1) is 0 Å². The van der Waals surface area contributed by atoms with Crippen molar-refractivity contribution < 1.29 is 5.11 Å². The maximum atomic E-state index is 9.88. The number of rotatable bonds is 2. The number of benzene rings is 1. The first kappa shape index (κ1) is 9.24. The number of aliphatic hydroxyl groups is 1. The van der Waals surface area contributed by atoms with Crippen LogP contribution in [0.25, 0.3) is 10.9 Å². The topological polar surface area (TPSA) is 62.0 Å². The second kappa shape index (κ2) is 3.44. The van der Waals surface area contributed by atoms with Crippen molar-refractivity contribution in [3.05, 3.63) is 36.0 Å². The summed E-state index contributed by atoms with van der Waals surface area (Å²) in [5.41, 5.74) is 7.59. The molecule has 4 N–H and O–H groups in total. The molecular weight excluding hydrogens is 176 g/mol. The van der Waals surface area contributed by atoms with E-state index in [0.717, 1.165) is 16.5 Å². The van der Waals surface area contributed by atoms with Crippen molar-refractivity contribution in [2.75, 3.05) is 0 Å². The largest absolute Gasteiger partial charge is 0.387 e. The second-order valence-corrected chi connectivity index (χ2v) is 3.59. The summed E-state index contributed by atoms with van der Waals surface area (Å²) in [6.07, 6.45) is 1.26. The fraction of sp³-hybridized carbons (Fsp3) is 0.273. The van der Waals surface area contributed by atoms with E-state index in [1.807, 2.05) is 30.5 Å². The molecule has 0 unspecified atom stereocenters. The van der Waals surface area contributed by atoms with E-state index in [-0.39, 0.29) is 6.04 Å². The molecule has 0 radical (unpaired) electrons. The first-order valence-corrected chi connectivity index (χ1v) is 4.70. The molecule has 2 aromatic rings. The molecule has 74 valence electrons. The lowest BCUT2D eigenvalue weighted by Gasteiger charge is -2.15. The van der Waals surface area contributed by atoms with Crippen molar-refractivity contribution in [3.8, 4) is 0 Å². The first-order valence-electron chi connectivity index (χ1n) is 4.70. The number of H-pyrrole nitrogens is 1. The molecule has 0 amide bonds. The molecule has 0 aliphatic carbocycles. The summed E-state index contributed by atoms with van der Waals surface area (Å²) in [5.74, 6) is 0. The molecule has 2 rings (SSSR count). The van der Waals surface area contributed by atoms with E-state index in [1.54, 1.807) is 6.92 Å². The molecule has 14 heavy (non-hydrogen) atoms. The van der Waals surface area contributed by atoms with Crippen molar-refractivity contribution in [1.29, 1.82) is 0 Å². The van der Waals surface area contributed by atoms with Crippen LogP contribution in [0, 0.1) is 0 Å². The van der Waals surface area contributed by atoms with Crippen LogP contribution < -0.4 is 5.73 Å². The smallest absolute Gasteiger partial charge is 0.0944 e. The molecule has 0 aliphatic rings. The summed E-state index contributed by atoms with van der Waals surface area (Å²) < 4.78 is 0. The van der Waals surface area contributed by atoms with Crippen LogP contribution >= 0.6 is 0 Å². The molecule has 0 aliphatic heterocycles. The van der Waals surface area contributed by atoms with Crippen molar-refractivity contribution in [1.82, 2.24) is 4.98 Å². The van der Waals surface area contributed by atoms with Crippen LogP contribution in [0.2, 0.25) is 0 Å². The van der Waals surface area contributed by atoms with Gasteiger partial charge in [0.15, 0.2) is 0 Å². The Morgan fingerprint density at radius 3 is 2.86 bits per heavy atom. The van der Waals surface area contributed by atoms with Gasteiger partial charge in [-0.3, -0.25) is 0 Å². The molecular formula is C11H14N2O. The first-order chi connectivity index (χ1) is 6.70. The molecule has 2 atom stereocenters. The third kappa shape index (κ3) is 1.41. The summed E-state index contributed by atoms with van der Waals surface area (Å²) in [5, 5.41) is 10.9. The van der Waals surface area contributed by atoms with Gasteiger partial charge in [-0.05, 0) is 24.6 Å². The Hall–Kier alpha value is -1.32. The molecule has 0 bridgehead atoms. The van der Waals surface area contributed by atoms with E-state index < -0.39 is 6.10 Å². The molecule has 3 heteroatoms. The molecule has 0 saturated heterocycles. The average molecular weight is 190 g/mol. The summed E-state index contributed by atoms with van der Waals surface area (Å²) >= 11 is 0. The highest BCUT2D eigenvalue weighted by atomic mass is 16.3. The zero-order valence-electron chi connectivity index (χ0n) is 8.07. The number of fused-ring (bicyclic) bond motifs is 1. The van der Waals surface area contributed by atoms with E-state index >= 15 is 0 Å². The summed E-state index contributed by atoms with van der Waals surface area (Å²) in [6, 6.07) is 7.50. The number of aliphatic hydroxyl groups excluding tert-OH is 1. The number of aromatic amines is 1. The van der Waals surface area contributed by atoms with Crippen molar-refractivity contribution in [2.24, 2.45) is 5.73 Å². The third-order valence-corrected chi connectivity index (χ3v) is 2.45. The lowest BCUT2D eigenvalue weighted by atomic mass is 10.0. The Morgan fingerprint density at radius 2 is 2.14 bits per heavy atom. The molecule has 3 nitrogen and oxygen atoms in total. The Labute approximate surface area is 82.6 Å². The minimum atomic E-state index is -0.602. The number of hydrogen-bond donors (Lipinski definition) is 3. The maximum Gasteiger partial charge on any atom is 0.0944 e.